The van der Waals surface area contributed by atoms with Gasteiger partial charge in [0, 0.05) is 6.54 Å². The Hall–Kier alpha value is -3.18. The first-order valence-corrected chi connectivity index (χ1v) is 11.2. The van der Waals surface area contributed by atoms with E-state index in [1.807, 2.05) is 38.1 Å². The van der Waals surface area contributed by atoms with Gasteiger partial charge in [0.15, 0.2) is 23.0 Å². The maximum absolute atomic E-state index is 6.04. The average Bonchev–Trinajstić information content (AvgIpc) is 2.83. The largest absolute Gasteiger partial charge is 0.493 e. The van der Waals surface area contributed by atoms with Gasteiger partial charge in [-0.1, -0.05) is 36.4 Å². The molecule has 168 valence electrons. The fourth-order valence-corrected chi connectivity index (χ4v) is 4.12. The SMILES string of the molecule is CCOc1cc2c(cc1OCC)C(c1ccc(OCc3ccccc3)c(OC)c1)NCC2. The summed E-state index contributed by atoms with van der Waals surface area (Å²) in [6.45, 7) is 6.59. The third-order valence-corrected chi connectivity index (χ3v) is 5.62. The molecule has 1 aliphatic heterocycles. The van der Waals surface area contributed by atoms with Crippen molar-refractivity contribution in [2.45, 2.75) is 32.9 Å². The highest BCUT2D eigenvalue weighted by atomic mass is 16.5. The number of hydrogen-bond acceptors (Lipinski definition) is 5. The Bertz CT molecular complexity index is 1040. The van der Waals surface area contributed by atoms with Gasteiger partial charge >= 0.3 is 0 Å². The van der Waals surface area contributed by atoms with E-state index in [1.165, 1.54) is 11.1 Å². The van der Waals surface area contributed by atoms with E-state index in [1.54, 1.807) is 7.11 Å². The lowest BCUT2D eigenvalue weighted by atomic mass is 9.89. The van der Waals surface area contributed by atoms with E-state index < -0.39 is 0 Å². The molecule has 0 amide bonds. The second kappa shape index (κ2) is 10.4. The van der Waals surface area contributed by atoms with Gasteiger partial charge in [-0.3, -0.25) is 0 Å². The summed E-state index contributed by atoms with van der Waals surface area (Å²) in [5, 5.41) is 3.65. The summed E-state index contributed by atoms with van der Waals surface area (Å²) >= 11 is 0. The Balaban J connectivity index is 1.62. The second-order valence-corrected chi connectivity index (χ2v) is 7.69. The number of fused-ring (bicyclic) bond motifs is 1. The first-order chi connectivity index (χ1) is 15.7. The molecule has 1 N–H and O–H groups in total. The Kier molecular flexibility index (Phi) is 7.17. The molecule has 0 fully saturated rings. The fourth-order valence-electron chi connectivity index (χ4n) is 4.12. The van der Waals surface area contributed by atoms with E-state index in [-0.39, 0.29) is 6.04 Å². The predicted octanol–water partition coefficient (Wildman–Crippen LogP) is 5.31. The number of methoxy groups -OCH3 is 1. The van der Waals surface area contributed by atoms with Crippen LogP contribution in [0.15, 0.2) is 60.7 Å². The zero-order valence-corrected chi connectivity index (χ0v) is 19.0. The molecule has 0 aromatic heterocycles. The zero-order valence-electron chi connectivity index (χ0n) is 19.0. The van der Waals surface area contributed by atoms with E-state index in [0.717, 1.165) is 47.1 Å². The predicted molar refractivity (Wildman–Crippen MR) is 126 cm³/mol. The van der Waals surface area contributed by atoms with Crippen LogP contribution in [0, 0.1) is 0 Å². The van der Waals surface area contributed by atoms with Gasteiger partial charge in [0.2, 0.25) is 0 Å². The molecule has 0 radical (unpaired) electrons. The monoisotopic (exact) mass is 433 g/mol. The Morgan fingerprint density at radius 3 is 2.28 bits per heavy atom. The minimum atomic E-state index is 0.0469. The number of benzene rings is 3. The van der Waals surface area contributed by atoms with Crippen molar-refractivity contribution in [3.05, 3.63) is 82.9 Å². The Morgan fingerprint density at radius 1 is 0.812 bits per heavy atom. The number of ether oxygens (including phenoxy) is 4. The van der Waals surface area contributed by atoms with Crippen LogP contribution in [0.25, 0.3) is 0 Å². The van der Waals surface area contributed by atoms with E-state index in [4.69, 9.17) is 18.9 Å². The molecule has 5 heteroatoms. The highest BCUT2D eigenvalue weighted by Gasteiger charge is 2.25. The maximum Gasteiger partial charge on any atom is 0.161 e. The first-order valence-electron chi connectivity index (χ1n) is 11.2. The number of nitrogens with one attached hydrogen (secondary N) is 1. The van der Waals surface area contributed by atoms with Crippen LogP contribution in [0.2, 0.25) is 0 Å². The molecule has 0 bridgehead atoms. The van der Waals surface area contributed by atoms with Crippen molar-refractivity contribution in [2.75, 3.05) is 26.9 Å². The van der Waals surface area contributed by atoms with Crippen molar-refractivity contribution in [2.24, 2.45) is 0 Å². The average molecular weight is 434 g/mol. The first kappa shape index (κ1) is 22.0. The van der Waals surface area contributed by atoms with E-state index in [9.17, 15) is 0 Å². The molecular formula is C27H31NO4. The summed E-state index contributed by atoms with van der Waals surface area (Å²) in [6, 6.07) is 20.6. The van der Waals surface area contributed by atoms with Crippen LogP contribution >= 0.6 is 0 Å². The lowest BCUT2D eigenvalue weighted by Gasteiger charge is -2.29. The van der Waals surface area contributed by atoms with E-state index >= 15 is 0 Å². The molecule has 4 rings (SSSR count). The molecule has 0 saturated carbocycles. The van der Waals surface area contributed by atoms with Gasteiger partial charge in [0.1, 0.15) is 6.61 Å². The summed E-state index contributed by atoms with van der Waals surface area (Å²) in [6.07, 6.45) is 0.952. The van der Waals surface area contributed by atoms with Crippen LogP contribution < -0.4 is 24.3 Å². The van der Waals surface area contributed by atoms with Gasteiger partial charge in [0.25, 0.3) is 0 Å². The molecule has 1 aliphatic rings. The molecule has 3 aromatic carbocycles. The minimum Gasteiger partial charge on any atom is -0.493 e. The van der Waals surface area contributed by atoms with Gasteiger partial charge in [-0.25, -0.2) is 0 Å². The van der Waals surface area contributed by atoms with Crippen molar-refractivity contribution >= 4 is 0 Å². The fraction of sp³-hybridized carbons (Fsp3) is 0.333. The maximum atomic E-state index is 6.04. The van der Waals surface area contributed by atoms with Crippen LogP contribution in [0.5, 0.6) is 23.0 Å². The standard InChI is InChI=1S/C27H31NO4/c1-4-30-25-15-20-13-14-28-27(22(20)17-26(25)31-5-2)21-11-12-23(24(16-21)29-3)32-18-19-9-7-6-8-10-19/h6-12,15-17,27-28H,4-5,13-14,18H2,1-3H3. The highest BCUT2D eigenvalue weighted by molar-refractivity contribution is 5.53. The second-order valence-electron chi connectivity index (χ2n) is 7.69. The molecule has 1 atom stereocenters. The number of rotatable bonds is 9. The third-order valence-electron chi connectivity index (χ3n) is 5.62. The summed E-state index contributed by atoms with van der Waals surface area (Å²) in [4.78, 5) is 0. The van der Waals surface area contributed by atoms with Crippen molar-refractivity contribution < 1.29 is 18.9 Å². The Labute approximate surface area is 190 Å². The highest BCUT2D eigenvalue weighted by Crippen LogP contribution is 2.39. The lowest BCUT2D eigenvalue weighted by molar-refractivity contribution is 0.284. The molecule has 0 saturated heterocycles. The topological polar surface area (TPSA) is 49.0 Å². The molecular weight excluding hydrogens is 402 g/mol. The molecule has 3 aromatic rings. The van der Waals surface area contributed by atoms with Crippen LogP contribution in [-0.2, 0) is 13.0 Å². The van der Waals surface area contributed by atoms with Crippen LogP contribution in [0.1, 0.15) is 42.1 Å². The van der Waals surface area contributed by atoms with Crippen molar-refractivity contribution in [1.29, 1.82) is 0 Å². The van der Waals surface area contributed by atoms with Crippen LogP contribution in [0.3, 0.4) is 0 Å². The van der Waals surface area contributed by atoms with Crippen LogP contribution in [-0.4, -0.2) is 26.9 Å². The minimum absolute atomic E-state index is 0.0469. The molecule has 0 aliphatic carbocycles. The van der Waals surface area contributed by atoms with Crippen molar-refractivity contribution in [3.63, 3.8) is 0 Å². The van der Waals surface area contributed by atoms with Crippen molar-refractivity contribution in [1.82, 2.24) is 5.32 Å². The summed E-state index contributed by atoms with van der Waals surface area (Å²) in [5.74, 6) is 3.06. The Morgan fingerprint density at radius 2 is 1.56 bits per heavy atom. The summed E-state index contributed by atoms with van der Waals surface area (Å²) < 4.78 is 23.4. The zero-order chi connectivity index (χ0) is 22.3. The van der Waals surface area contributed by atoms with E-state index in [0.29, 0.717) is 19.8 Å². The smallest absolute Gasteiger partial charge is 0.161 e. The molecule has 1 unspecified atom stereocenters. The summed E-state index contributed by atoms with van der Waals surface area (Å²) in [5.41, 5.74) is 4.74. The molecule has 5 nitrogen and oxygen atoms in total. The summed E-state index contributed by atoms with van der Waals surface area (Å²) in [7, 11) is 1.68. The van der Waals surface area contributed by atoms with Gasteiger partial charge in [0.05, 0.1) is 26.4 Å². The van der Waals surface area contributed by atoms with Gasteiger partial charge in [-0.15, -0.1) is 0 Å². The number of hydrogen-bond donors (Lipinski definition) is 1. The third kappa shape index (κ3) is 4.83. The normalized spacial score (nSPS) is 15.0. The molecule has 0 spiro atoms. The molecule has 32 heavy (non-hydrogen) atoms. The van der Waals surface area contributed by atoms with Crippen molar-refractivity contribution in [3.8, 4) is 23.0 Å². The van der Waals surface area contributed by atoms with Gasteiger partial charge in [-0.05, 0) is 66.8 Å². The molecule has 1 heterocycles. The quantitative estimate of drug-likeness (QED) is 0.496. The van der Waals surface area contributed by atoms with Crippen LogP contribution in [0.4, 0.5) is 0 Å². The lowest BCUT2D eigenvalue weighted by Crippen LogP contribution is -2.30. The van der Waals surface area contributed by atoms with E-state index in [2.05, 4.69) is 41.7 Å². The van der Waals surface area contributed by atoms with Gasteiger partial charge in [-0.2, -0.15) is 0 Å². The van der Waals surface area contributed by atoms with Gasteiger partial charge < -0.3 is 24.3 Å².